The van der Waals surface area contributed by atoms with E-state index >= 15 is 0 Å². The average molecular weight is 315 g/mol. The normalized spacial score (nSPS) is 18.0. The van der Waals surface area contributed by atoms with Crippen LogP contribution in [0.1, 0.15) is 39.0 Å². The van der Waals surface area contributed by atoms with Crippen LogP contribution in [0.4, 0.5) is 0 Å². The van der Waals surface area contributed by atoms with E-state index < -0.39 is 16.0 Å². The first kappa shape index (κ1) is 16.0. The summed E-state index contributed by atoms with van der Waals surface area (Å²) in [6.45, 7) is 2.68. The van der Waals surface area contributed by atoms with E-state index in [1.54, 1.807) is 0 Å². The van der Waals surface area contributed by atoms with Crippen molar-refractivity contribution < 1.29 is 18.3 Å². The van der Waals surface area contributed by atoms with Gasteiger partial charge in [-0.1, -0.05) is 19.8 Å². The number of rotatable bonds is 7. The van der Waals surface area contributed by atoms with Gasteiger partial charge in [0.25, 0.3) is 0 Å². The lowest BCUT2D eigenvalue weighted by atomic mass is 9.89. The number of nitrogens with one attached hydrogen (secondary N) is 1. The maximum atomic E-state index is 12.2. The smallest absolute Gasteiger partial charge is 0.305 e. The van der Waals surface area contributed by atoms with E-state index in [2.05, 4.69) is 16.7 Å². The molecule has 1 aromatic rings. The first-order chi connectivity index (χ1) is 9.81. The standard InChI is InChI=1S/C13H21N3O4S/c1-13(5-2-3-6-13)10-15-21(19,20)11-8-14-16(9-11)7-4-12(17)18/h8-9,15H,2-7,10H2,1H3,(H,17,18). The molecule has 1 aromatic heterocycles. The van der Waals surface area contributed by atoms with E-state index in [0.717, 1.165) is 25.7 Å². The van der Waals surface area contributed by atoms with Crippen LogP contribution in [0, 0.1) is 5.41 Å². The molecule has 0 bridgehead atoms. The molecule has 0 radical (unpaired) electrons. The van der Waals surface area contributed by atoms with Gasteiger partial charge in [-0.05, 0) is 18.3 Å². The minimum absolute atomic E-state index is 0.0341. The summed E-state index contributed by atoms with van der Waals surface area (Å²) >= 11 is 0. The van der Waals surface area contributed by atoms with Crippen molar-refractivity contribution in [2.24, 2.45) is 5.41 Å². The number of carboxylic acids is 1. The lowest BCUT2D eigenvalue weighted by Crippen LogP contribution is -2.34. The molecule has 1 fully saturated rings. The van der Waals surface area contributed by atoms with Gasteiger partial charge in [0.05, 0.1) is 19.2 Å². The van der Waals surface area contributed by atoms with Crippen LogP contribution in [0.3, 0.4) is 0 Å². The summed E-state index contributed by atoms with van der Waals surface area (Å²) in [6, 6.07) is 0. The van der Waals surface area contributed by atoms with E-state index in [4.69, 9.17) is 5.11 Å². The van der Waals surface area contributed by atoms with E-state index in [1.165, 1.54) is 17.1 Å². The Morgan fingerprint density at radius 2 is 2.14 bits per heavy atom. The van der Waals surface area contributed by atoms with Crippen molar-refractivity contribution in [2.75, 3.05) is 6.54 Å². The van der Waals surface area contributed by atoms with Crippen molar-refractivity contribution in [3.8, 4) is 0 Å². The number of aryl methyl sites for hydroxylation is 1. The molecule has 118 valence electrons. The largest absolute Gasteiger partial charge is 0.481 e. The highest BCUT2D eigenvalue weighted by molar-refractivity contribution is 7.89. The van der Waals surface area contributed by atoms with E-state index in [0.29, 0.717) is 6.54 Å². The van der Waals surface area contributed by atoms with Crippen LogP contribution < -0.4 is 4.72 Å². The molecule has 1 aliphatic rings. The molecule has 0 spiro atoms. The molecule has 0 atom stereocenters. The van der Waals surface area contributed by atoms with Crippen LogP contribution in [-0.4, -0.2) is 35.8 Å². The van der Waals surface area contributed by atoms with Gasteiger partial charge in [-0.2, -0.15) is 5.10 Å². The molecule has 0 aliphatic heterocycles. The predicted octanol–water partition coefficient (Wildman–Crippen LogP) is 1.22. The summed E-state index contributed by atoms with van der Waals surface area (Å²) in [5, 5.41) is 12.5. The summed E-state index contributed by atoms with van der Waals surface area (Å²) in [4.78, 5) is 10.6. The molecule has 2 rings (SSSR count). The number of sulfonamides is 1. The average Bonchev–Trinajstić information content (AvgIpc) is 3.04. The second-order valence-corrected chi connectivity index (χ2v) is 7.69. The summed E-state index contributed by atoms with van der Waals surface area (Å²) in [5.74, 6) is -0.942. The summed E-state index contributed by atoms with van der Waals surface area (Å²) in [7, 11) is -3.58. The molecule has 2 N–H and O–H groups in total. The fourth-order valence-corrected chi connectivity index (χ4v) is 3.73. The fourth-order valence-electron chi connectivity index (χ4n) is 2.57. The Kier molecular flexibility index (Phi) is 4.67. The molecule has 0 unspecified atom stereocenters. The van der Waals surface area contributed by atoms with Gasteiger partial charge in [0.1, 0.15) is 4.90 Å². The van der Waals surface area contributed by atoms with Crippen LogP contribution in [-0.2, 0) is 21.4 Å². The Hall–Kier alpha value is -1.41. The first-order valence-corrected chi connectivity index (χ1v) is 8.53. The molecule has 21 heavy (non-hydrogen) atoms. The highest BCUT2D eigenvalue weighted by Gasteiger charge is 2.30. The van der Waals surface area contributed by atoms with Gasteiger partial charge < -0.3 is 5.11 Å². The van der Waals surface area contributed by atoms with Crippen LogP contribution >= 0.6 is 0 Å². The zero-order valence-corrected chi connectivity index (χ0v) is 12.9. The minimum atomic E-state index is -3.58. The number of carbonyl (C=O) groups is 1. The topological polar surface area (TPSA) is 101 Å². The third kappa shape index (κ3) is 4.28. The van der Waals surface area contributed by atoms with Crippen molar-refractivity contribution in [3.05, 3.63) is 12.4 Å². The zero-order chi connectivity index (χ0) is 15.5. The Labute approximate surface area is 124 Å². The molecule has 8 heteroatoms. The van der Waals surface area contributed by atoms with Gasteiger partial charge in [-0.25, -0.2) is 13.1 Å². The Balaban J connectivity index is 1.97. The second-order valence-electron chi connectivity index (χ2n) is 5.93. The number of aromatic nitrogens is 2. The zero-order valence-electron chi connectivity index (χ0n) is 12.1. The second kappa shape index (κ2) is 6.15. The highest BCUT2D eigenvalue weighted by atomic mass is 32.2. The number of hydrogen-bond acceptors (Lipinski definition) is 4. The van der Waals surface area contributed by atoms with E-state index in [1.807, 2.05) is 0 Å². The quantitative estimate of drug-likeness (QED) is 0.787. The summed E-state index contributed by atoms with van der Waals surface area (Å²) in [5.41, 5.74) is 0.0341. The van der Waals surface area contributed by atoms with Gasteiger partial charge in [0, 0.05) is 12.7 Å². The van der Waals surface area contributed by atoms with E-state index in [-0.39, 0.29) is 23.3 Å². The van der Waals surface area contributed by atoms with Crippen LogP contribution in [0.5, 0.6) is 0 Å². The Morgan fingerprint density at radius 1 is 1.48 bits per heavy atom. The van der Waals surface area contributed by atoms with Gasteiger partial charge in [-0.3, -0.25) is 9.48 Å². The lowest BCUT2D eigenvalue weighted by Gasteiger charge is -2.23. The van der Waals surface area contributed by atoms with Gasteiger partial charge in [-0.15, -0.1) is 0 Å². The lowest BCUT2D eigenvalue weighted by molar-refractivity contribution is -0.137. The maximum absolute atomic E-state index is 12.2. The van der Waals surface area contributed by atoms with Crippen LogP contribution in [0.2, 0.25) is 0 Å². The minimum Gasteiger partial charge on any atom is -0.481 e. The summed E-state index contributed by atoms with van der Waals surface area (Å²) in [6.07, 6.45) is 6.88. The van der Waals surface area contributed by atoms with Gasteiger partial charge in [0.15, 0.2) is 0 Å². The molecular weight excluding hydrogens is 294 g/mol. The Morgan fingerprint density at radius 3 is 2.76 bits per heavy atom. The first-order valence-electron chi connectivity index (χ1n) is 7.05. The Bertz CT molecular complexity index is 603. The van der Waals surface area contributed by atoms with Gasteiger partial charge in [0.2, 0.25) is 10.0 Å². The van der Waals surface area contributed by atoms with Crippen molar-refractivity contribution >= 4 is 16.0 Å². The fraction of sp³-hybridized carbons (Fsp3) is 0.692. The monoisotopic (exact) mass is 315 g/mol. The maximum Gasteiger partial charge on any atom is 0.305 e. The van der Waals surface area contributed by atoms with Crippen LogP contribution in [0.25, 0.3) is 0 Å². The third-order valence-electron chi connectivity index (χ3n) is 3.97. The van der Waals surface area contributed by atoms with Crippen molar-refractivity contribution in [3.63, 3.8) is 0 Å². The predicted molar refractivity (Wildman–Crippen MR) is 76.2 cm³/mol. The molecule has 0 aromatic carbocycles. The molecule has 0 saturated heterocycles. The molecule has 0 amide bonds. The molecule has 1 aliphatic carbocycles. The number of carboxylic acid groups (broad SMARTS) is 1. The van der Waals surface area contributed by atoms with Crippen LogP contribution in [0.15, 0.2) is 17.3 Å². The molecule has 1 heterocycles. The molecular formula is C13H21N3O4S. The SMILES string of the molecule is CC1(CNS(=O)(=O)c2cnn(CCC(=O)O)c2)CCCC1. The molecule has 1 saturated carbocycles. The van der Waals surface area contributed by atoms with Crippen molar-refractivity contribution in [2.45, 2.75) is 50.5 Å². The van der Waals surface area contributed by atoms with Crippen molar-refractivity contribution in [1.82, 2.24) is 14.5 Å². The van der Waals surface area contributed by atoms with E-state index in [9.17, 15) is 13.2 Å². The third-order valence-corrected chi connectivity index (χ3v) is 5.33. The summed E-state index contributed by atoms with van der Waals surface area (Å²) < 4.78 is 28.4. The molecule has 7 nitrogen and oxygen atoms in total. The van der Waals surface area contributed by atoms with Gasteiger partial charge >= 0.3 is 5.97 Å². The number of hydrogen-bond donors (Lipinski definition) is 2. The number of aliphatic carboxylic acids is 1. The number of nitrogens with zero attached hydrogens (tertiary/aromatic N) is 2. The highest BCUT2D eigenvalue weighted by Crippen LogP contribution is 2.36. The van der Waals surface area contributed by atoms with Crippen molar-refractivity contribution in [1.29, 1.82) is 0 Å².